The Morgan fingerprint density at radius 1 is 1.30 bits per heavy atom. The molecular weight excluding hydrogens is 344 g/mol. The summed E-state index contributed by atoms with van der Waals surface area (Å²) in [6, 6.07) is 9.71. The van der Waals surface area contributed by atoms with Gasteiger partial charge >= 0.3 is 0 Å². The zero-order valence-electron chi connectivity index (χ0n) is 15.5. The molecule has 1 aromatic carbocycles. The Kier molecular flexibility index (Phi) is 5.93. The number of carbonyl (C=O) groups excluding carboxylic acids is 2. The molecule has 1 atom stereocenters. The number of aliphatic hydroxyl groups excluding tert-OH is 1. The predicted molar refractivity (Wildman–Crippen MR) is 102 cm³/mol. The number of aryl methyl sites for hydroxylation is 1. The molecule has 3 rings (SSSR count). The van der Waals surface area contributed by atoms with Gasteiger partial charge < -0.3 is 20.7 Å². The second-order valence-corrected chi connectivity index (χ2v) is 6.99. The van der Waals surface area contributed by atoms with Crippen molar-refractivity contribution >= 4 is 11.8 Å². The highest BCUT2D eigenvalue weighted by molar-refractivity contribution is 5.98. The molecule has 2 heterocycles. The summed E-state index contributed by atoms with van der Waals surface area (Å²) in [6.45, 7) is 2.30. The van der Waals surface area contributed by atoms with Crippen molar-refractivity contribution in [3.05, 3.63) is 58.9 Å². The van der Waals surface area contributed by atoms with E-state index in [1.165, 1.54) is 6.07 Å². The minimum absolute atomic E-state index is 0.175. The average molecular weight is 370 g/mol. The van der Waals surface area contributed by atoms with Crippen LogP contribution >= 0.6 is 0 Å². The first-order chi connectivity index (χ1) is 13.0. The van der Waals surface area contributed by atoms with Crippen molar-refractivity contribution in [2.24, 2.45) is 12.8 Å². The van der Waals surface area contributed by atoms with Gasteiger partial charge in [-0.05, 0) is 36.6 Å². The molecule has 0 radical (unpaired) electrons. The Morgan fingerprint density at radius 3 is 2.70 bits per heavy atom. The van der Waals surface area contributed by atoms with Crippen molar-refractivity contribution in [3.63, 3.8) is 0 Å². The van der Waals surface area contributed by atoms with Gasteiger partial charge in [-0.25, -0.2) is 0 Å². The summed E-state index contributed by atoms with van der Waals surface area (Å²) in [5.74, 6) is -0.812. The van der Waals surface area contributed by atoms with Gasteiger partial charge in [0.2, 0.25) is 5.91 Å². The zero-order valence-corrected chi connectivity index (χ0v) is 15.5. The van der Waals surface area contributed by atoms with Crippen LogP contribution in [0.25, 0.3) is 0 Å². The van der Waals surface area contributed by atoms with Crippen molar-refractivity contribution in [2.45, 2.75) is 32.0 Å². The molecule has 7 nitrogen and oxygen atoms in total. The summed E-state index contributed by atoms with van der Waals surface area (Å²) in [7, 11) is 1.71. The van der Waals surface area contributed by atoms with Crippen LogP contribution in [0, 0.1) is 0 Å². The maximum atomic E-state index is 12.5. The number of nitrogens with one attached hydrogen (secondary N) is 1. The third-order valence-corrected chi connectivity index (χ3v) is 5.16. The molecular formula is C20H26N4O3. The summed E-state index contributed by atoms with van der Waals surface area (Å²) in [5, 5.41) is 12.4. The maximum Gasteiger partial charge on any atom is 0.268 e. The molecule has 1 aromatic heterocycles. The van der Waals surface area contributed by atoms with Crippen molar-refractivity contribution in [1.82, 2.24) is 14.8 Å². The standard InChI is InChI=1S/C20H26N4O3/c1-23-11-16(19(21)26)9-18(23)20(27)22-10-14-5-2-3-6-15(14)12-24-8-4-7-17(24)13-25/h2-3,5-6,9,11,17,25H,4,7-8,10,12-13H2,1H3,(H2,21,26)(H,22,27). The molecule has 0 bridgehead atoms. The summed E-state index contributed by atoms with van der Waals surface area (Å²) >= 11 is 0. The van der Waals surface area contributed by atoms with Crippen LogP contribution in [-0.4, -0.2) is 45.6 Å². The molecule has 2 amide bonds. The van der Waals surface area contributed by atoms with Crippen LogP contribution in [0.4, 0.5) is 0 Å². The Morgan fingerprint density at radius 2 is 2.04 bits per heavy atom. The molecule has 144 valence electrons. The summed E-state index contributed by atoms with van der Waals surface area (Å²) in [4.78, 5) is 26.1. The van der Waals surface area contributed by atoms with Crippen molar-refractivity contribution in [3.8, 4) is 0 Å². The van der Waals surface area contributed by atoms with Gasteiger partial charge in [0.25, 0.3) is 5.91 Å². The van der Waals surface area contributed by atoms with E-state index in [1.54, 1.807) is 17.8 Å². The number of aliphatic hydroxyl groups is 1. The number of likely N-dealkylation sites (tertiary alicyclic amines) is 1. The van der Waals surface area contributed by atoms with Crippen LogP contribution in [0.3, 0.4) is 0 Å². The third kappa shape index (κ3) is 4.37. The highest BCUT2D eigenvalue weighted by Crippen LogP contribution is 2.21. The van der Waals surface area contributed by atoms with Crippen LogP contribution in [0.15, 0.2) is 36.5 Å². The molecule has 0 spiro atoms. The van der Waals surface area contributed by atoms with Crippen LogP contribution in [0.1, 0.15) is 44.8 Å². The lowest BCUT2D eigenvalue weighted by Crippen LogP contribution is -2.32. The fourth-order valence-corrected chi connectivity index (χ4v) is 3.60. The number of benzene rings is 1. The van der Waals surface area contributed by atoms with Crippen LogP contribution < -0.4 is 11.1 Å². The quantitative estimate of drug-likeness (QED) is 0.677. The fourth-order valence-electron chi connectivity index (χ4n) is 3.60. The van der Waals surface area contributed by atoms with Crippen LogP contribution in [0.2, 0.25) is 0 Å². The van der Waals surface area contributed by atoms with E-state index in [0.717, 1.165) is 37.1 Å². The van der Waals surface area contributed by atoms with E-state index in [2.05, 4.69) is 16.3 Å². The number of rotatable bonds is 7. The van der Waals surface area contributed by atoms with E-state index in [4.69, 9.17) is 5.73 Å². The maximum absolute atomic E-state index is 12.5. The largest absolute Gasteiger partial charge is 0.395 e. The van der Waals surface area contributed by atoms with Gasteiger partial charge in [-0.3, -0.25) is 14.5 Å². The van der Waals surface area contributed by atoms with Crippen molar-refractivity contribution in [2.75, 3.05) is 13.2 Å². The molecule has 0 aliphatic carbocycles. The lowest BCUT2D eigenvalue weighted by molar-refractivity contribution is 0.0942. The van der Waals surface area contributed by atoms with E-state index in [0.29, 0.717) is 17.8 Å². The number of hydrogen-bond acceptors (Lipinski definition) is 4. The molecule has 1 fully saturated rings. The predicted octanol–water partition coefficient (Wildman–Crippen LogP) is 1.01. The molecule has 2 aromatic rings. The van der Waals surface area contributed by atoms with Gasteiger partial charge in [-0.2, -0.15) is 0 Å². The lowest BCUT2D eigenvalue weighted by atomic mass is 10.1. The normalized spacial score (nSPS) is 17.2. The second-order valence-electron chi connectivity index (χ2n) is 6.99. The van der Waals surface area contributed by atoms with E-state index in [1.807, 2.05) is 18.2 Å². The third-order valence-electron chi connectivity index (χ3n) is 5.16. The Labute approximate surface area is 158 Å². The lowest BCUT2D eigenvalue weighted by Gasteiger charge is -2.24. The topological polar surface area (TPSA) is 101 Å². The Hall–Kier alpha value is -2.64. The van der Waals surface area contributed by atoms with E-state index < -0.39 is 5.91 Å². The molecule has 4 N–H and O–H groups in total. The van der Waals surface area contributed by atoms with Gasteiger partial charge in [0, 0.05) is 32.4 Å². The Balaban J connectivity index is 1.68. The summed E-state index contributed by atoms with van der Waals surface area (Å²) in [6.07, 6.45) is 3.67. The van der Waals surface area contributed by atoms with E-state index in [9.17, 15) is 14.7 Å². The molecule has 1 aliphatic heterocycles. The average Bonchev–Trinajstić information content (AvgIpc) is 3.27. The number of nitrogens with two attached hydrogens (primary N) is 1. The second kappa shape index (κ2) is 8.37. The van der Waals surface area contributed by atoms with Gasteiger partial charge in [-0.15, -0.1) is 0 Å². The van der Waals surface area contributed by atoms with E-state index >= 15 is 0 Å². The highest BCUT2D eigenvalue weighted by atomic mass is 16.3. The van der Waals surface area contributed by atoms with Gasteiger partial charge in [0.1, 0.15) is 5.69 Å². The van der Waals surface area contributed by atoms with Gasteiger partial charge in [-0.1, -0.05) is 24.3 Å². The number of aromatic nitrogens is 1. The van der Waals surface area contributed by atoms with Crippen molar-refractivity contribution < 1.29 is 14.7 Å². The molecule has 27 heavy (non-hydrogen) atoms. The number of carbonyl (C=O) groups is 2. The monoisotopic (exact) mass is 370 g/mol. The molecule has 7 heteroatoms. The SMILES string of the molecule is Cn1cc(C(N)=O)cc1C(=O)NCc1ccccc1CN1CCCC1CO. The summed E-state index contributed by atoms with van der Waals surface area (Å²) in [5.41, 5.74) is 8.16. The minimum Gasteiger partial charge on any atom is -0.395 e. The number of amides is 2. The first kappa shape index (κ1) is 19.1. The molecule has 0 saturated carbocycles. The van der Waals surface area contributed by atoms with E-state index in [-0.39, 0.29) is 18.6 Å². The first-order valence-corrected chi connectivity index (χ1v) is 9.15. The van der Waals surface area contributed by atoms with Crippen molar-refractivity contribution in [1.29, 1.82) is 0 Å². The molecule has 1 saturated heterocycles. The van der Waals surface area contributed by atoms with Crippen LogP contribution in [0.5, 0.6) is 0 Å². The summed E-state index contributed by atoms with van der Waals surface area (Å²) < 4.78 is 1.59. The van der Waals surface area contributed by atoms with Gasteiger partial charge in [0.15, 0.2) is 0 Å². The smallest absolute Gasteiger partial charge is 0.268 e. The van der Waals surface area contributed by atoms with Gasteiger partial charge in [0.05, 0.1) is 12.2 Å². The minimum atomic E-state index is -0.556. The Bertz CT molecular complexity index is 830. The molecule has 1 aliphatic rings. The van der Waals surface area contributed by atoms with Crippen LogP contribution in [-0.2, 0) is 20.1 Å². The number of hydrogen-bond donors (Lipinski definition) is 3. The highest BCUT2D eigenvalue weighted by Gasteiger charge is 2.24. The zero-order chi connectivity index (χ0) is 19.4. The first-order valence-electron chi connectivity index (χ1n) is 9.15. The number of nitrogens with zero attached hydrogens (tertiary/aromatic N) is 2. The molecule has 1 unspecified atom stereocenters. The number of primary amides is 1. The fraction of sp³-hybridized carbons (Fsp3) is 0.400.